The van der Waals surface area contributed by atoms with E-state index in [4.69, 9.17) is 16.9 Å². The van der Waals surface area contributed by atoms with E-state index < -0.39 is 0 Å². The summed E-state index contributed by atoms with van der Waals surface area (Å²) in [6, 6.07) is 2.19. The van der Waals surface area contributed by atoms with Crippen LogP contribution in [0.3, 0.4) is 0 Å². The van der Waals surface area contributed by atoms with E-state index in [1.807, 2.05) is 0 Å². The van der Waals surface area contributed by atoms with Crippen LogP contribution in [0.25, 0.3) is 5.32 Å². The smallest absolute Gasteiger partial charge is 0.0340 e. The summed E-state index contributed by atoms with van der Waals surface area (Å²) in [5, 5.41) is 11.0. The fourth-order valence-electron chi connectivity index (χ4n) is 10.8. The second-order valence-corrected chi connectivity index (χ2v) is 16.9. The molecule has 1 aliphatic heterocycles. The average molecular weight is 781 g/mol. The van der Waals surface area contributed by atoms with Gasteiger partial charge in [-0.25, -0.2) is 0 Å². The Morgan fingerprint density at radius 2 is 1.28 bits per heavy atom. The van der Waals surface area contributed by atoms with Crippen molar-refractivity contribution in [2.75, 3.05) is 0 Å². The topological polar surface area (TPSA) is 26.1 Å². The van der Waals surface area contributed by atoms with Gasteiger partial charge in [-0.2, -0.15) is 13.3 Å². The molecule has 5 rings (SSSR count). The first kappa shape index (κ1) is 38.5. The molecule has 10 atom stereocenters. The van der Waals surface area contributed by atoms with Crippen LogP contribution in [0.4, 0.5) is 0 Å². The van der Waals surface area contributed by atoms with Crippen molar-refractivity contribution in [3.8, 4) is 0 Å². The van der Waals surface area contributed by atoms with Crippen molar-refractivity contribution in [2.45, 2.75) is 174 Å². The van der Waals surface area contributed by atoms with Gasteiger partial charge >= 0.3 is 0 Å². The molecule has 4 aliphatic carbocycles. The van der Waals surface area contributed by atoms with Gasteiger partial charge in [0.25, 0.3) is 0 Å². The first-order valence-electron chi connectivity index (χ1n) is 18.9. The molecule has 0 aromatic heterocycles. The minimum atomic E-state index is 0. The Morgan fingerprint density at radius 3 is 1.91 bits per heavy atom. The maximum absolute atomic E-state index is 6.96. The van der Waals surface area contributed by atoms with E-state index in [0.29, 0.717) is 53.2 Å². The fraction of sp³-hybridized carbons (Fsp3) is 0.949. The Labute approximate surface area is 293 Å². The monoisotopic (exact) mass is 781 g/mol. The summed E-state index contributed by atoms with van der Waals surface area (Å²) in [6.45, 7) is 19.8. The summed E-state index contributed by atoms with van der Waals surface area (Å²) < 4.78 is 0. The number of hydrogen-bond donors (Lipinski definition) is 1. The van der Waals surface area contributed by atoms with Crippen molar-refractivity contribution in [1.29, 1.82) is 0 Å². The molecule has 5 fully saturated rings. The molecule has 5 aliphatic rings. The van der Waals surface area contributed by atoms with E-state index in [2.05, 4.69) is 60.2 Å². The predicted octanol–water partition coefficient (Wildman–Crippen LogP) is 11.3. The van der Waals surface area contributed by atoms with Crippen LogP contribution in [-0.2, 0) is 25.8 Å². The molecular formula is C39H70ClHfN2-3. The maximum Gasteiger partial charge on any atom is 0.0340 e. The van der Waals surface area contributed by atoms with Crippen molar-refractivity contribution in [3.63, 3.8) is 0 Å². The molecule has 0 bridgehead atoms. The molecule has 4 heteroatoms. The number of hydrogen-bond acceptors (Lipinski definition) is 1. The van der Waals surface area contributed by atoms with Crippen LogP contribution in [0.5, 0.6) is 0 Å². The molecule has 0 radical (unpaired) electrons. The number of fused-ring (bicyclic) bond motifs is 1. The van der Waals surface area contributed by atoms with Gasteiger partial charge in [0, 0.05) is 31.2 Å². The molecule has 0 amide bonds. The van der Waals surface area contributed by atoms with Crippen molar-refractivity contribution in [2.24, 2.45) is 59.2 Å². The van der Waals surface area contributed by atoms with E-state index in [1.165, 1.54) is 83.5 Å². The van der Waals surface area contributed by atoms with Crippen LogP contribution in [0.1, 0.15) is 145 Å². The van der Waals surface area contributed by atoms with Crippen molar-refractivity contribution < 1.29 is 25.8 Å². The van der Waals surface area contributed by atoms with Crippen LogP contribution in [-0.4, -0.2) is 29.5 Å². The minimum Gasteiger partial charge on any atom is -0.655 e. The molecule has 10 unspecified atom stereocenters. The molecule has 1 N–H and O–H groups in total. The zero-order valence-electron chi connectivity index (χ0n) is 29.4. The number of halogens is 1. The van der Waals surface area contributed by atoms with Crippen LogP contribution in [0, 0.1) is 72.5 Å². The summed E-state index contributed by atoms with van der Waals surface area (Å²) in [6.07, 6.45) is 23.6. The van der Waals surface area contributed by atoms with Crippen molar-refractivity contribution in [3.05, 3.63) is 18.7 Å². The third-order valence-corrected chi connectivity index (χ3v) is 13.3. The molecule has 250 valence electrons. The van der Waals surface area contributed by atoms with Gasteiger partial charge in [-0.3, -0.25) is 0 Å². The first-order chi connectivity index (χ1) is 20.2. The largest absolute Gasteiger partial charge is 0.655 e. The second-order valence-electron chi connectivity index (χ2n) is 16.3. The summed E-state index contributed by atoms with van der Waals surface area (Å²) >= 11 is 6.96. The first-order valence-corrected chi connectivity index (χ1v) is 19.3. The number of rotatable bonds is 8. The number of piperidine rings is 1. The molecule has 4 saturated carbocycles. The Kier molecular flexibility index (Phi) is 16.6. The molecule has 2 nitrogen and oxygen atoms in total. The van der Waals surface area contributed by atoms with Crippen molar-refractivity contribution in [1.82, 2.24) is 5.32 Å². The number of alkyl halides is 1. The predicted molar refractivity (Wildman–Crippen MR) is 185 cm³/mol. The Balaban J connectivity index is 0.00000165. The van der Waals surface area contributed by atoms with Gasteiger partial charge in [0.15, 0.2) is 0 Å². The van der Waals surface area contributed by atoms with Crippen LogP contribution in [0.15, 0.2) is 0 Å². The maximum atomic E-state index is 6.96. The Bertz CT molecular complexity index is 752. The molecular weight excluding hydrogens is 710 g/mol. The van der Waals surface area contributed by atoms with E-state index in [-0.39, 0.29) is 25.8 Å². The zero-order valence-corrected chi connectivity index (χ0v) is 33.7. The van der Waals surface area contributed by atoms with Crippen LogP contribution >= 0.6 is 11.6 Å². The quantitative estimate of drug-likeness (QED) is 0.148. The molecule has 0 spiro atoms. The number of nitrogens with one attached hydrogen (secondary N) is 1. The van der Waals surface area contributed by atoms with E-state index in [9.17, 15) is 0 Å². The van der Waals surface area contributed by atoms with Crippen molar-refractivity contribution >= 4 is 11.6 Å². The third-order valence-electron chi connectivity index (χ3n) is 12.9. The fourth-order valence-corrected chi connectivity index (χ4v) is 11.2. The summed E-state index contributed by atoms with van der Waals surface area (Å²) in [7, 11) is 0. The van der Waals surface area contributed by atoms with Gasteiger partial charge in [0.1, 0.15) is 0 Å². The van der Waals surface area contributed by atoms with E-state index >= 15 is 0 Å². The zero-order chi connectivity index (χ0) is 30.4. The Hall–Kier alpha value is 1.08. The molecule has 0 aromatic carbocycles. The third kappa shape index (κ3) is 9.59. The van der Waals surface area contributed by atoms with Gasteiger partial charge < -0.3 is 24.0 Å². The standard InChI is InChI=1S/C37H65ClN2.C2H5.Hf/c1-23(2)28-15-9-10-17-31(28)37(40-36-32(24(3)4)21-27(38)22-33(36)25(5)6)35-20-12-19-34(39-35)30-18-11-14-26-13-7-8-16-29(26)30;1-2;/h18,23-37,39H,7-17,19-22H2,1-6H3;1H2,2H3;/q-2;-1;. The van der Waals surface area contributed by atoms with Crippen LogP contribution < -0.4 is 5.32 Å². The molecule has 1 heterocycles. The van der Waals surface area contributed by atoms with E-state index in [1.54, 1.807) is 6.92 Å². The summed E-state index contributed by atoms with van der Waals surface area (Å²) in [4.78, 5) is 0. The van der Waals surface area contributed by atoms with E-state index in [0.717, 1.165) is 48.3 Å². The average Bonchev–Trinajstić information content (AvgIpc) is 3.00. The summed E-state index contributed by atoms with van der Waals surface area (Å²) in [5.41, 5.74) is 0. The van der Waals surface area contributed by atoms with Gasteiger partial charge in [0.05, 0.1) is 0 Å². The molecule has 1 saturated heterocycles. The van der Waals surface area contributed by atoms with Gasteiger partial charge in [-0.05, 0) is 73.8 Å². The molecule has 43 heavy (non-hydrogen) atoms. The number of nitrogens with zero attached hydrogens (tertiary/aromatic N) is 1. The summed E-state index contributed by atoms with van der Waals surface area (Å²) in [5.74, 6) is 7.63. The van der Waals surface area contributed by atoms with Gasteiger partial charge in [0.2, 0.25) is 0 Å². The molecule has 0 aromatic rings. The second kappa shape index (κ2) is 18.6. The van der Waals surface area contributed by atoms with Crippen LogP contribution in [0.2, 0.25) is 0 Å². The normalized spacial score (nSPS) is 41.2. The van der Waals surface area contributed by atoms with Gasteiger partial charge in [-0.1, -0.05) is 123 Å². The Morgan fingerprint density at radius 1 is 0.698 bits per heavy atom. The van der Waals surface area contributed by atoms with Gasteiger partial charge in [-0.15, -0.1) is 29.6 Å². The minimum absolute atomic E-state index is 0. The SMILES string of the molecule is CC(C)C1CCCCC1C([N-]C1C(C(C)C)CC(Cl)CC1C(C)C)C1CCCC(C2[CH-]CCC3CCCCC32)N1.[CH2-]C.[Hf].